The highest BCUT2D eigenvalue weighted by atomic mass is 32.2. The van der Waals surface area contributed by atoms with E-state index in [-0.39, 0.29) is 18.0 Å². The molecule has 1 heterocycles. The smallest absolute Gasteiger partial charge is 0.132 e. The molecular weight excluding hydrogens is 457 g/mol. The standard InChI is InChI=1S/C25H30FN3O4S/c1-31-19-7-9-20(10-8-19)33-23-12-17(26)6-5-16(23)11-21-25-22(28-15-27-21)13-18(14-24(25)32-2)29-34(3,4)30/h5-6,12-15,19-20H,7-11H2,1-4H3. The van der Waals surface area contributed by atoms with Gasteiger partial charge in [-0.1, -0.05) is 6.07 Å². The van der Waals surface area contributed by atoms with Crippen molar-refractivity contribution in [3.05, 3.63) is 53.7 Å². The second kappa shape index (κ2) is 10.2. The zero-order chi connectivity index (χ0) is 24.3. The Morgan fingerprint density at radius 1 is 1.03 bits per heavy atom. The summed E-state index contributed by atoms with van der Waals surface area (Å²) >= 11 is 0. The number of ether oxygens (including phenoxy) is 3. The first-order chi connectivity index (χ1) is 16.3. The van der Waals surface area contributed by atoms with Gasteiger partial charge in [-0.2, -0.15) is 4.36 Å². The summed E-state index contributed by atoms with van der Waals surface area (Å²) in [7, 11) is 0.953. The van der Waals surface area contributed by atoms with Gasteiger partial charge in [0.1, 0.15) is 23.6 Å². The average Bonchev–Trinajstić information content (AvgIpc) is 2.79. The zero-order valence-electron chi connectivity index (χ0n) is 19.9. The molecule has 0 aliphatic heterocycles. The van der Waals surface area contributed by atoms with Crippen molar-refractivity contribution in [2.75, 3.05) is 26.7 Å². The van der Waals surface area contributed by atoms with Crippen molar-refractivity contribution in [2.45, 2.75) is 44.3 Å². The summed E-state index contributed by atoms with van der Waals surface area (Å²) in [5, 5.41) is 0.735. The van der Waals surface area contributed by atoms with Crippen LogP contribution in [0.4, 0.5) is 10.1 Å². The second-order valence-corrected chi connectivity index (χ2v) is 11.4. The van der Waals surface area contributed by atoms with Gasteiger partial charge in [-0.3, -0.25) is 0 Å². The van der Waals surface area contributed by atoms with Gasteiger partial charge in [0.15, 0.2) is 0 Å². The van der Waals surface area contributed by atoms with E-state index in [1.165, 1.54) is 18.5 Å². The largest absolute Gasteiger partial charge is 0.496 e. The Hall–Kier alpha value is -2.78. The van der Waals surface area contributed by atoms with E-state index >= 15 is 0 Å². The van der Waals surface area contributed by atoms with E-state index in [9.17, 15) is 8.60 Å². The van der Waals surface area contributed by atoms with Gasteiger partial charge in [0, 0.05) is 53.5 Å². The molecule has 3 aromatic rings. The molecule has 9 heteroatoms. The molecule has 0 spiro atoms. The van der Waals surface area contributed by atoms with Crippen LogP contribution in [0, 0.1) is 5.82 Å². The van der Waals surface area contributed by atoms with Crippen LogP contribution in [0.15, 0.2) is 41.0 Å². The third kappa shape index (κ3) is 5.82. The van der Waals surface area contributed by atoms with Crippen LogP contribution in [0.25, 0.3) is 10.9 Å². The quantitative estimate of drug-likeness (QED) is 0.463. The van der Waals surface area contributed by atoms with Crippen molar-refractivity contribution in [1.29, 1.82) is 0 Å². The summed E-state index contributed by atoms with van der Waals surface area (Å²) in [6, 6.07) is 8.11. The molecule has 0 saturated heterocycles. The molecule has 1 aromatic heterocycles. The Labute approximate surface area is 199 Å². The second-order valence-electron chi connectivity index (χ2n) is 8.82. The van der Waals surface area contributed by atoms with Crippen molar-refractivity contribution in [2.24, 2.45) is 4.36 Å². The monoisotopic (exact) mass is 487 g/mol. The number of nitrogens with zero attached hydrogens (tertiary/aromatic N) is 3. The van der Waals surface area contributed by atoms with Gasteiger partial charge in [0.25, 0.3) is 0 Å². The summed E-state index contributed by atoms with van der Waals surface area (Å²) in [6.45, 7) is 0. The van der Waals surface area contributed by atoms with Crippen molar-refractivity contribution < 1.29 is 22.8 Å². The SMILES string of the molecule is COc1cc(N=S(C)(C)=O)cc2ncnc(Cc3ccc(F)cc3OC3CCC(OC)CC3)c12. The molecule has 0 N–H and O–H groups in total. The maximum absolute atomic E-state index is 14.1. The highest BCUT2D eigenvalue weighted by Crippen LogP contribution is 2.35. The lowest BCUT2D eigenvalue weighted by atomic mass is 9.95. The molecule has 1 fully saturated rings. The Morgan fingerprint density at radius 3 is 2.44 bits per heavy atom. The first-order valence-corrected chi connectivity index (χ1v) is 13.6. The van der Waals surface area contributed by atoms with Gasteiger partial charge >= 0.3 is 0 Å². The Morgan fingerprint density at radius 2 is 1.76 bits per heavy atom. The summed E-state index contributed by atoms with van der Waals surface area (Å²) in [5.41, 5.74) is 2.72. The number of benzene rings is 2. The Kier molecular flexibility index (Phi) is 7.33. The molecule has 1 aliphatic carbocycles. The summed E-state index contributed by atoms with van der Waals surface area (Å²) < 4.78 is 47.9. The molecule has 0 unspecified atom stereocenters. The van der Waals surface area contributed by atoms with Crippen molar-refractivity contribution >= 4 is 26.3 Å². The molecule has 4 rings (SSSR count). The predicted molar refractivity (Wildman–Crippen MR) is 131 cm³/mol. The molecule has 0 radical (unpaired) electrons. The molecule has 7 nitrogen and oxygen atoms in total. The van der Waals surface area contributed by atoms with E-state index < -0.39 is 9.73 Å². The van der Waals surface area contributed by atoms with E-state index in [0.717, 1.165) is 42.3 Å². The van der Waals surface area contributed by atoms with Gasteiger partial charge in [-0.05, 0) is 37.8 Å². The number of methoxy groups -OCH3 is 2. The minimum Gasteiger partial charge on any atom is -0.496 e. The molecule has 1 aliphatic rings. The minimum atomic E-state index is -2.34. The number of halogens is 1. The van der Waals surface area contributed by atoms with Crippen molar-refractivity contribution in [3.63, 3.8) is 0 Å². The maximum atomic E-state index is 14.1. The molecular formula is C25H30FN3O4S. The van der Waals surface area contributed by atoms with Crippen LogP contribution >= 0.6 is 0 Å². The predicted octanol–water partition coefficient (Wildman–Crippen LogP) is 5.06. The fourth-order valence-corrected chi connectivity index (χ4v) is 4.95. The number of rotatable bonds is 7. The van der Waals surface area contributed by atoms with Gasteiger partial charge in [0.2, 0.25) is 0 Å². The van der Waals surface area contributed by atoms with Crippen LogP contribution < -0.4 is 9.47 Å². The van der Waals surface area contributed by atoms with E-state index in [2.05, 4.69) is 14.3 Å². The van der Waals surface area contributed by atoms with E-state index in [1.807, 2.05) is 0 Å². The lowest BCUT2D eigenvalue weighted by Gasteiger charge is -2.28. The molecule has 2 aromatic carbocycles. The maximum Gasteiger partial charge on any atom is 0.132 e. The fourth-order valence-electron chi connectivity index (χ4n) is 4.34. The minimum absolute atomic E-state index is 0.0192. The number of aromatic nitrogens is 2. The van der Waals surface area contributed by atoms with Crippen LogP contribution in [0.2, 0.25) is 0 Å². The van der Waals surface area contributed by atoms with Crippen LogP contribution in [-0.2, 0) is 20.9 Å². The number of hydrogen-bond donors (Lipinski definition) is 0. The highest BCUT2D eigenvalue weighted by molar-refractivity contribution is 7.92. The van der Waals surface area contributed by atoms with E-state index in [0.29, 0.717) is 29.1 Å². The summed E-state index contributed by atoms with van der Waals surface area (Å²) in [6.07, 6.45) is 8.90. The van der Waals surface area contributed by atoms with Gasteiger partial charge < -0.3 is 14.2 Å². The zero-order valence-corrected chi connectivity index (χ0v) is 20.7. The lowest BCUT2D eigenvalue weighted by molar-refractivity contribution is 0.0324. The molecule has 0 amide bonds. The van der Waals surface area contributed by atoms with Crippen molar-refractivity contribution in [3.8, 4) is 11.5 Å². The average molecular weight is 488 g/mol. The van der Waals surface area contributed by atoms with Crippen LogP contribution in [0.1, 0.15) is 36.9 Å². The van der Waals surface area contributed by atoms with E-state index in [1.54, 1.807) is 44.9 Å². The first kappa shape index (κ1) is 24.3. The van der Waals surface area contributed by atoms with Crippen LogP contribution in [0.5, 0.6) is 11.5 Å². The topological polar surface area (TPSA) is 82.9 Å². The molecule has 0 bridgehead atoms. The Bertz CT molecular complexity index is 1290. The number of hydrogen-bond acceptors (Lipinski definition) is 7. The summed E-state index contributed by atoms with van der Waals surface area (Å²) in [5.74, 6) is 0.719. The van der Waals surface area contributed by atoms with Crippen LogP contribution in [-0.4, -0.2) is 53.1 Å². The van der Waals surface area contributed by atoms with Gasteiger partial charge in [0.05, 0.1) is 41.6 Å². The third-order valence-corrected chi connectivity index (χ3v) is 6.60. The molecule has 0 atom stereocenters. The fraction of sp³-hybridized carbons (Fsp3) is 0.440. The highest BCUT2D eigenvalue weighted by Gasteiger charge is 2.23. The number of fused-ring (bicyclic) bond motifs is 1. The van der Waals surface area contributed by atoms with Crippen molar-refractivity contribution in [1.82, 2.24) is 9.97 Å². The third-order valence-electron chi connectivity index (χ3n) is 5.95. The van der Waals surface area contributed by atoms with Gasteiger partial charge in [-0.25, -0.2) is 18.6 Å². The Balaban J connectivity index is 1.68. The van der Waals surface area contributed by atoms with Crippen LogP contribution in [0.3, 0.4) is 0 Å². The lowest BCUT2D eigenvalue weighted by Crippen LogP contribution is -2.28. The summed E-state index contributed by atoms with van der Waals surface area (Å²) in [4.78, 5) is 8.88. The van der Waals surface area contributed by atoms with Gasteiger partial charge in [-0.15, -0.1) is 0 Å². The molecule has 1 saturated carbocycles. The molecule has 182 valence electrons. The molecule has 34 heavy (non-hydrogen) atoms. The van der Waals surface area contributed by atoms with E-state index in [4.69, 9.17) is 14.2 Å². The first-order valence-electron chi connectivity index (χ1n) is 11.2. The normalized spacial score (nSPS) is 18.6.